The summed E-state index contributed by atoms with van der Waals surface area (Å²) in [6, 6.07) is 15.7. The maximum Gasteiger partial charge on any atom is 0.341 e. The first-order valence-corrected chi connectivity index (χ1v) is 8.03. The average Bonchev–Trinajstić information content (AvgIpc) is 3.27. The van der Waals surface area contributed by atoms with Crippen molar-refractivity contribution in [2.45, 2.75) is 6.54 Å². The Morgan fingerprint density at radius 2 is 2.00 bits per heavy atom. The number of benzene rings is 2. The second-order valence-electron chi connectivity index (χ2n) is 5.81. The van der Waals surface area contributed by atoms with Crippen LogP contribution < -0.4 is 0 Å². The zero-order valence-corrected chi connectivity index (χ0v) is 14.0. The molecular formula is C20H15FN2O3. The van der Waals surface area contributed by atoms with E-state index < -0.39 is 5.97 Å². The Hall–Kier alpha value is -3.41. The molecular weight excluding hydrogens is 335 g/mol. The van der Waals surface area contributed by atoms with E-state index in [4.69, 9.17) is 9.15 Å². The molecule has 2 aromatic heterocycles. The lowest BCUT2D eigenvalue weighted by Crippen LogP contribution is -2.03. The van der Waals surface area contributed by atoms with Gasteiger partial charge in [-0.3, -0.25) is 4.68 Å². The highest BCUT2D eigenvalue weighted by Gasteiger charge is 2.22. The smallest absolute Gasteiger partial charge is 0.341 e. The molecule has 0 aliphatic heterocycles. The molecule has 0 spiro atoms. The molecule has 6 heteroatoms. The maximum atomic E-state index is 13.8. The summed E-state index contributed by atoms with van der Waals surface area (Å²) in [5, 5.41) is 5.29. The van der Waals surface area contributed by atoms with Crippen LogP contribution in [0.1, 0.15) is 15.9 Å². The van der Waals surface area contributed by atoms with Gasteiger partial charge in [0.2, 0.25) is 0 Å². The van der Waals surface area contributed by atoms with Crippen molar-refractivity contribution >= 4 is 16.9 Å². The van der Waals surface area contributed by atoms with Crippen molar-refractivity contribution in [2.75, 3.05) is 7.11 Å². The van der Waals surface area contributed by atoms with Crippen molar-refractivity contribution in [1.82, 2.24) is 9.78 Å². The van der Waals surface area contributed by atoms with Crippen LogP contribution in [0.15, 0.2) is 65.3 Å². The summed E-state index contributed by atoms with van der Waals surface area (Å²) in [6.45, 7) is 0.467. The lowest BCUT2D eigenvalue weighted by atomic mass is 10.1. The number of furan rings is 1. The fraction of sp³-hybridized carbons (Fsp3) is 0.100. The Morgan fingerprint density at radius 3 is 2.77 bits per heavy atom. The number of hydrogen-bond donors (Lipinski definition) is 0. The van der Waals surface area contributed by atoms with Crippen LogP contribution >= 0.6 is 0 Å². The first-order chi connectivity index (χ1) is 12.7. The maximum absolute atomic E-state index is 13.8. The van der Waals surface area contributed by atoms with Gasteiger partial charge in [0.25, 0.3) is 0 Å². The van der Waals surface area contributed by atoms with Gasteiger partial charge in [-0.2, -0.15) is 5.10 Å². The molecule has 130 valence electrons. The van der Waals surface area contributed by atoms with E-state index in [-0.39, 0.29) is 11.4 Å². The summed E-state index contributed by atoms with van der Waals surface area (Å²) in [5.41, 5.74) is 2.40. The third-order valence-electron chi connectivity index (χ3n) is 4.17. The largest absolute Gasteiger partial charge is 0.465 e. The molecule has 0 N–H and O–H groups in total. The number of rotatable bonds is 4. The van der Waals surface area contributed by atoms with Gasteiger partial charge in [0, 0.05) is 5.39 Å². The number of methoxy groups -OCH3 is 1. The van der Waals surface area contributed by atoms with Crippen LogP contribution in [-0.4, -0.2) is 22.9 Å². The predicted molar refractivity (Wildman–Crippen MR) is 94.3 cm³/mol. The lowest BCUT2D eigenvalue weighted by Gasteiger charge is -2.03. The Kier molecular flexibility index (Phi) is 4.01. The van der Waals surface area contributed by atoms with E-state index in [9.17, 15) is 9.18 Å². The Bertz CT molecular complexity index is 1080. The van der Waals surface area contributed by atoms with E-state index in [1.54, 1.807) is 10.7 Å². The minimum atomic E-state index is -0.512. The number of carbonyl (C=O) groups excluding carboxylic acids is 1. The number of nitrogens with zero attached hydrogens (tertiary/aromatic N) is 2. The molecule has 0 radical (unpaired) electrons. The molecule has 0 unspecified atom stereocenters. The highest BCUT2D eigenvalue weighted by molar-refractivity contribution is 6.00. The number of esters is 1. The predicted octanol–water partition coefficient (Wildman–Crippen LogP) is 4.27. The number of ether oxygens (including phenoxy) is 1. The summed E-state index contributed by atoms with van der Waals surface area (Å²) >= 11 is 0. The third kappa shape index (κ3) is 2.75. The molecule has 0 fully saturated rings. The molecule has 4 aromatic rings. The number of carbonyl (C=O) groups is 1. The van der Waals surface area contributed by atoms with E-state index in [1.165, 1.54) is 31.6 Å². The van der Waals surface area contributed by atoms with E-state index in [2.05, 4.69) is 5.10 Å². The zero-order chi connectivity index (χ0) is 18.1. The molecule has 0 aliphatic rings. The molecule has 4 rings (SSSR count). The second kappa shape index (κ2) is 6.48. The van der Waals surface area contributed by atoms with Gasteiger partial charge in [0.05, 0.1) is 25.4 Å². The fourth-order valence-electron chi connectivity index (χ4n) is 2.95. The molecule has 0 aliphatic carbocycles. The third-order valence-corrected chi connectivity index (χ3v) is 4.17. The molecule has 0 saturated carbocycles. The van der Waals surface area contributed by atoms with Crippen LogP contribution in [0.25, 0.3) is 22.4 Å². The first-order valence-electron chi connectivity index (χ1n) is 8.03. The Balaban J connectivity index is 1.89. The SMILES string of the molecule is COC(=O)c1ccoc1-c1nn(Cc2ccccc2)c2cc(F)ccc12. The molecule has 26 heavy (non-hydrogen) atoms. The van der Waals surface area contributed by atoms with Crippen LogP contribution in [0, 0.1) is 5.82 Å². The van der Waals surface area contributed by atoms with Gasteiger partial charge in [0.1, 0.15) is 17.1 Å². The minimum Gasteiger partial charge on any atom is -0.465 e. The van der Waals surface area contributed by atoms with Crippen LogP contribution in [-0.2, 0) is 11.3 Å². The summed E-state index contributed by atoms with van der Waals surface area (Å²) in [5.74, 6) is -0.562. The number of halogens is 1. The average molecular weight is 350 g/mol. The molecule has 0 bridgehead atoms. The van der Waals surface area contributed by atoms with E-state index in [0.717, 1.165) is 5.56 Å². The van der Waals surface area contributed by atoms with Crippen molar-refractivity contribution in [3.05, 3.63) is 77.8 Å². The van der Waals surface area contributed by atoms with Gasteiger partial charge < -0.3 is 9.15 Å². The first kappa shape index (κ1) is 16.1. The molecule has 0 amide bonds. The van der Waals surface area contributed by atoms with Gasteiger partial charge in [-0.1, -0.05) is 30.3 Å². The van der Waals surface area contributed by atoms with Crippen molar-refractivity contribution in [2.24, 2.45) is 0 Å². The van der Waals surface area contributed by atoms with E-state index in [1.807, 2.05) is 30.3 Å². The van der Waals surface area contributed by atoms with Crippen molar-refractivity contribution in [3.63, 3.8) is 0 Å². The van der Waals surface area contributed by atoms with Gasteiger partial charge in [-0.25, -0.2) is 9.18 Å². The fourth-order valence-corrected chi connectivity index (χ4v) is 2.95. The molecule has 5 nitrogen and oxygen atoms in total. The van der Waals surface area contributed by atoms with Gasteiger partial charge in [0.15, 0.2) is 5.76 Å². The quantitative estimate of drug-likeness (QED) is 0.516. The standard InChI is InChI=1S/C20H15FN2O3/c1-25-20(24)16-9-10-26-19(16)18-15-8-7-14(21)11-17(15)23(22-18)12-13-5-3-2-4-6-13/h2-11H,12H2,1H3. The molecule has 2 aromatic carbocycles. The van der Waals surface area contributed by atoms with Gasteiger partial charge in [-0.15, -0.1) is 0 Å². The van der Waals surface area contributed by atoms with Gasteiger partial charge >= 0.3 is 5.97 Å². The summed E-state index contributed by atoms with van der Waals surface area (Å²) in [6.07, 6.45) is 1.41. The van der Waals surface area contributed by atoms with Crippen LogP contribution in [0.4, 0.5) is 4.39 Å². The number of aromatic nitrogens is 2. The van der Waals surface area contributed by atoms with E-state index >= 15 is 0 Å². The van der Waals surface area contributed by atoms with Crippen LogP contribution in [0.5, 0.6) is 0 Å². The summed E-state index contributed by atoms with van der Waals surface area (Å²) in [7, 11) is 1.31. The normalized spacial score (nSPS) is 11.0. The molecule has 0 saturated heterocycles. The van der Waals surface area contributed by atoms with Crippen molar-refractivity contribution in [1.29, 1.82) is 0 Å². The second-order valence-corrected chi connectivity index (χ2v) is 5.81. The van der Waals surface area contributed by atoms with Gasteiger partial charge in [-0.05, 0) is 29.8 Å². The highest BCUT2D eigenvalue weighted by Crippen LogP contribution is 2.32. The molecule has 0 atom stereocenters. The summed E-state index contributed by atoms with van der Waals surface area (Å²) < 4.78 is 25.8. The van der Waals surface area contributed by atoms with Crippen LogP contribution in [0.3, 0.4) is 0 Å². The monoisotopic (exact) mass is 350 g/mol. The number of hydrogen-bond acceptors (Lipinski definition) is 4. The lowest BCUT2D eigenvalue weighted by molar-refractivity contribution is 0.0601. The van der Waals surface area contributed by atoms with E-state index in [0.29, 0.717) is 28.9 Å². The zero-order valence-electron chi connectivity index (χ0n) is 14.0. The summed E-state index contributed by atoms with van der Waals surface area (Å²) in [4.78, 5) is 12.0. The molecule has 2 heterocycles. The highest BCUT2D eigenvalue weighted by atomic mass is 19.1. The minimum absolute atomic E-state index is 0.281. The topological polar surface area (TPSA) is 57.3 Å². The number of fused-ring (bicyclic) bond motifs is 1. The Labute approximate surface area is 148 Å². The van der Waals surface area contributed by atoms with Crippen molar-refractivity contribution < 1.29 is 18.3 Å². The Morgan fingerprint density at radius 1 is 1.19 bits per heavy atom. The van der Waals surface area contributed by atoms with Crippen LogP contribution in [0.2, 0.25) is 0 Å². The van der Waals surface area contributed by atoms with Crippen molar-refractivity contribution in [3.8, 4) is 11.5 Å².